The van der Waals surface area contributed by atoms with E-state index < -0.39 is 6.09 Å². The molecule has 1 amide bonds. The predicted molar refractivity (Wildman–Crippen MR) is 116 cm³/mol. The second-order valence-electron chi connectivity index (χ2n) is 7.23. The van der Waals surface area contributed by atoms with Crippen LogP contribution < -0.4 is 5.32 Å². The highest BCUT2D eigenvalue weighted by molar-refractivity contribution is 5.79. The highest BCUT2D eigenvalue weighted by Gasteiger charge is 2.28. The molecule has 0 radical (unpaired) electrons. The molecule has 1 aliphatic rings. The predicted octanol–water partition coefficient (Wildman–Crippen LogP) is 5.19. The van der Waals surface area contributed by atoms with Crippen LogP contribution in [0.5, 0.6) is 0 Å². The van der Waals surface area contributed by atoms with Gasteiger partial charge < -0.3 is 10.1 Å². The van der Waals surface area contributed by atoms with Crippen LogP contribution in [0.3, 0.4) is 0 Å². The zero-order valence-electron chi connectivity index (χ0n) is 16.7. The molecule has 0 spiro atoms. The number of hydrogen-bond acceptors (Lipinski definition) is 2. The number of ether oxygens (including phenoxy) is 1. The number of benzene rings is 3. The van der Waals surface area contributed by atoms with Crippen molar-refractivity contribution < 1.29 is 9.53 Å². The Balaban J connectivity index is 1.36. The molecule has 144 valence electrons. The summed E-state index contributed by atoms with van der Waals surface area (Å²) in [4.78, 5) is 12.2. The number of aryl methyl sites for hydroxylation is 1. The first-order valence-corrected chi connectivity index (χ1v) is 9.79. The van der Waals surface area contributed by atoms with Gasteiger partial charge in [0.2, 0.25) is 0 Å². The van der Waals surface area contributed by atoms with Crippen LogP contribution in [0.2, 0.25) is 0 Å². The second kappa shape index (κ2) is 8.24. The van der Waals surface area contributed by atoms with Gasteiger partial charge in [-0.1, -0.05) is 72.5 Å². The Bertz CT molecular complexity index is 1080. The molecule has 0 aromatic heterocycles. The molecule has 0 bridgehead atoms. The summed E-state index contributed by atoms with van der Waals surface area (Å²) in [5.41, 5.74) is 8.21. The smallest absolute Gasteiger partial charge is 0.407 e. The molecule has 0 heterocycles. The number of amides is 1. The van der Waals surface area contributed by atoms with E-state index in [9.17, 15) is 4.79 Å². The van der Waals surface area contributed by atoms with Crippen molar-refractivity contribution in [3.8, 4) is 23.0 Å². The number of alkyl carbamates (subject to hydrolysis) is 1. The SMILES string of the molecule is Cc1cccc(C#CCNC(=O)OCC2c3ccccc3-c3ccccc32)c1C. The van der Waals surface area contributed by atoms with E-state index in [0.717, 1.165) is 5.56 Å². The summed E-state index contributed by atoms with van der Waals surface area (Å²) < 4.78 is 5.52. The number of carbonyl (C=O) groups excluding carboxylic acids is 1. The van der Waals surface area contributed by atoms with Crippen molar-refractivity contribution in [2.45, 2.75) is 19.8 Å². The molecular formula is C26H23NO2. The highest BCUT2D eigenvalue weighted by atomic mass is 16.5. The minimum Gasteiger partial charge on any atom is -0.449 e. The topological polar surface area (TPSA) is 38.3 Å². The maximum absolute atomic E-state index is 12.2. The van der Waals surface area contributed by atoms with E-state index in [1.807, 2.05) is 36.4 Å². The van der Waals surface area contributed by atoms with Crippen LogP contribution in [-0.2, 0) is 4.74 Å². The summed E-state index contributed by atoms with van der Waals surface area (Å²) in [7, 11) is 0. The van der Waals surface area contributed by atoms with Gasteiger partial charge in [0, 0.05) is 11.5 Å². The minimum atomic E-state index is -0.442. The van der Waals surface area contributed by atoms with Gasteiger partial charge in [0.1, 0.15) is 6.61 Å². The van der Waals surface area contributed by atoms with Gasteiger partial charge in [0.05, 0.1) is 6.54 Å². The molecular weight excluding hydrogens is 358 g/mol. The molecule has 1 N–H and O–H groups in total. The molecule has 29 heavy (non-hydrogen) atoms. The second-order valence-corrected chi connectivity index (χ2v) is 7.23. The maximum atomic E-state index is 12.2. The third-order valence-corrected chi connectivity index (χ3v) is 5.49. The number of fused-ring (bicyclic) bond motifs is 3. The summed E-state index contributed by atoms with van der Waals surface area (Å²) >= 11 is 0. The Labute approximate surface area is 171 Å². The Morgan fingerprint density at radius 2 is 1.59 bits per heavy atom. The van der Waals surface area contributed by atoms with Gasteiger partial charge in [-0.2, -0.15) is 0 Å². The monoisotopic (exact) mass is 381 g/mol. The quantitative estimate of drug-likeness (QED) is 0.634. The Kier molecular flexibility index (Phi) is 5.35. The van der Waals surface area contributed by atoms with Crippen molar-refractivity contribution in [1.29, 1.82) is 0 Å². The lowest BCUT2D eigenvalue weighted by atomic mass is 9.98. The fourth-order valence-corrected chi connectivity index (χ4v) is 3.79. The van der Waals surface area contributed by atoms with Gasteiger partial charge in [-0.15, -0.1) is 0 Å². The van der Waals surface area contributed by atoms with Crippen LogP contribution in [0, 0.1) is 25.7 Å². The summed E-state index contributed by atoms with van der Waals surface area (Å²) in [6.07, 6.45) is -0.442. The fraction of sp³-hybridized carbons (Fsp3) is 0.192. The van der Waals surface area contributed by atoms with Crippen LogP contribution in [0.1, 0.15) is 33.7 Å². The summed E-state index contributed by atoms with van der Waals surface area (Å²) in [5, 5.41) is 2.72. The average Bonchev–Trinajstić information content (AvgIpc) is 3.06. The van der Waals surface area contributed by atoms with Crippen molar-refractivity contribution in [2.24, 2.45) is 0 Å². The van der Waals surface area contributed by atoms with Gasteiger partial charge in [-0.05, 0) is 53.3 Å². The van der Waals surface area contributed by atoms with E-state index in [2.05, 4.69) is 61.3 Å². The van der Waals surface area contributed by atoms with Gasteiger partial charge >= 0.3 is 6.09 Å². The highest BCUT2D eigenvalue weighted by Crippen LogP contribution is 2.44. The van der Waals surface area contributed by atoms with Crippen molar-refractivity contribution >= 4 is 6.09 Å². The Morgan fingerprint density at radius 1 is 0.931 bits per heavy atom. The molecule has 0 aliphatic heterocycles. The van der Waals surface area contributed by atoms with E-state index in [1.165, 1.54) is 33.4 Å². The van der Waals surface area contributed by atoms with Crippen LogP contribution in [0.15, 0.2) is 66.7 Å². The molecule has 0 saturated heterocycles. The summed E-state index contributed by atoms with van der Waals surface area (Å²) in [6.45, 7) is 4.68. The fourth-order valence-electron chi connectivity index (χ4n) is 3.79. The third-order valence-electron chi connectivity index (χ3n) is 5.49. The summed E-state index contributed by atoms with van der Waals surface area (Å²) in [6, 6.07) is 22.6. The first kappa shape index (κ1) is 18.8. The van der Waals surface area contributed by atoms with E-state index >= 15 is 0 Å². The average molecular weight is 381 g/mol. The first-order valence-electron chi connectivity index (χ1n) is 9.79. The number of hydrogen-bond donors (Lipinski definition) is 1. The minimum absolute atomic E-state index is 0.0641. The molecule has 0 unspecified atom stereocenters. The van der Waals surface area contributed by atoms with E-state index in [0.29, 0.717) is 6.61 Å². The molecule has 3 nitrogen and oxygen atoms in total. The zero-order valence-corrected chi connectivity index (χ0v) is 16.7. The molecule has 4 rings (SSSR count). The van der Waals surface area contributed by atoms with Gasteiger partial charge in [-0.25, -0.2) is 4.79 Å². The molecule has 0 fully saturated rings. The molecule has 0 atom stereocenters. The molecule has 3 heteroatoms. The van der Waals surface area contributed by atoms with E-state index in [4.69, 9.17) is 4.74 Å². The van der Waals surface area contributed by atoms with Gasteiger partial charge in [0.15, 0.2) is 0 Å². The van der Waals surface area contributed by atoms with E-state index in [-0.39, 0.29) is 12.5 Å². The first-order chi connectivity index (χ1) is 14.1. The normalized spacial score (nSPS) is 11.8. The van der Waals surface area contributed by atoms with Crippen LogP contribution in [-0.4, -0.2) is 19.2 Å². The van der Waals surface area contributed by atoms with E-state index in [1.54, 1.807) is 0 Å². The third kappa shape index (κ3) is 3.88. The van der Waals surface area contributed by atoms with Gasteiger partial charge in [-0.3, -0.25) is 0 Å². The zero-order chi connectivity index (χ0) is 20.2. The van der Waals surface area contributed by atoms with Crippen molar-refractivity contribution in [2.75, 3.05) is 13.2 Å². The Hall–Kier alpha value is -3.51. The molecule has 3 aromatic rings. The maximum Gasteiger partial charge on any atom is 0.407 e. The van der Waals surface area contributed by atoms with Crippen molar-refractivity contribution in [1.82, 2.24) is 5.32 Å². The van der Waals surface area contributed by atoms with Gasteiger partial charge in [0.25, 0.3) is 0 Å². The van der Waals surface area contributed by atoms with Crippen LogP contribution in [0.4, 0.5) is 4.79 Å². The Morgan fingerprint density at radius 3 is 2.28 bits per heavy atom. The number of nitrogens with one attached hydrogen (secondary N) is 1. The lowest BCUT2D eigenvalue weighted by molar-refractivity contribution is 0.144. The lowest BCUT2D eigenvalue weighted by Crippen LogP contribution is -2.26. The summed E-state index contributed by atoms with van der Waals surface area (Å²) in [5.74, 6) is 6.17. The lowest BCUT2D eigenvalue weighted by Gasteiger charge is -2.14. The van der Waals surface area contributed by atoms with Crippen LogP contribution >= 0.6 is 0 Å². The molecule has 1 aliphatic carbocycles. The van der Waals surface area contributed by atoms with Crippen LogP contribution in [0.25, 0.3) is 11.1 Å². The number of carbonyl (C=O) groups is 1. The number of rotatable bonds is 3. The standard InChI is InChI=1S/C26H23NO2/c1-18-9-7-10-20(19(18)2)11-8-16-27-26(28)29-17-25-23-14-5-3-12-21(23)22-13-4-6-15-24(22)25/h3-7,9-10,12-15,25H,16-17H2,1-2H3,(H,27,28). The largest absolute Gasteiger partial charge is 0.449 e. The van der Waals surface area contributed by atoms with Crippen molar-refractivity contribution in [3.05, 3.63) is 94.5 Å². The molecule has 3 aromatic carbocycles. The van der Waals surface area contributed by atoms with Crippen molar-refractivity contribution in [3.63, 3.8) is 0 Å². The molecule has 0 saturated carbocycles.